The normalized spacial score (nSPS) is 22.3. The summed E-state index contributed by atoms with van der Waals surface area (Å²) >= 11 is 0. The number of nitriles is 1. The van der Waals surface area contributed by atoms with E-state index in [2.05, 4.69) is 0 Å². The molecule has 1 heterocycles. The van der Waals surface area contributed by atoms with E-state index in [1.807, 2.05) is 6.07 Å². The molecule has 0 saturated heterocycles. The molecule has 0 aromatic heterocycles. The topological polar surface area (TPSA) is 50.1 Å². The van der Waals surface area contributed by atoms with Gasteiger partial charge in [-0.15, -0.1) is 0 Å². The number of carbonyl (C=O) groups is 1. The Morgan fingerprint density at radius 2 is 2.60 bits per heavy atom. The molecule has 0 amide bonds. The van der Waals surface area contributed by atoms with E-state index in [0.717, 1.165) is 0 Å². The zero-order valence-corrected chi connectivity index (χ0v) is 5.41. The maximum absolute atomic E-state index is 10.4. The van der Waals surface area contributed by atoms with Gasteiger partial charge in [0.2, 0.25) is 0 Å². The maximum atomic E-state index is 10.4. The summed E-state index contributed by atoms with van der Waals surface area (Å²) in [6, 6.07) is 1.98. The maximum Gasteiger partial charge on any atom is 0.331 e. The molecular formula is C7H7NO2. The summed E-state index contributed by atoms with van der Waals surface area (Å²) in [5.41, 5.74) is 0. The molecule has 3 nitrogen and oxygen atoms in total. The lowest BCUT2D eigenvalue weighted by atomic mass is 10.2. The SMILES string of the molecule is N#CCC[C@@H]1C=CC(=O)O1. The van der Waals surface area contributed by atoms with Crippen LogP contribution in [0, 0.1) is 11.3 Å². The van der Waals surface area contributed by atoms with Gasteiger partial charge in [-0.25, -0.2) is 4.79 Å². The average Bonchev–Trinajstić information content (AvgIpc) is 2.31. The number of esters is 1. The van der Waals surface area contributed by atoms with E-state index in [4.69, 9.17) is 10.00 Å². The zero-order valence-electron chi connectivity index (χ0n) is 5.41. The third-order valence-corrected chi connectivity index (χ3v) is 1.26. The summed E-state index contributed by atoms with van der Waals surface area (Å²) in [4.78, 5) is 10.4. The van der Waals surface area contributed by atoms with E-state index in [9.17, 15) is 4.79 Å². The van der Waals surface area contributed by atoms with Crippen LogP contribution in [-0.2, 0) is 9.53 Å². The van der Waals surface area contributed by atoms with Crippen LogP contribution in [0.3, 0.4) is 0 Å². The number of cyclic esters (lactones) is 1. The Hall–Kier alpha value is -1.30. The van der Waals surface area contributed by atoms with E-state index in [-0.39, 0.29) is 12.1 Å². The fourth-order valence-electron chi connectivity index (χ4n) is 0.776. The van der Waals surface area contributed by atoms with Crippen molar-refractivity contribution < 1.29 is 9.53 Å². The number of rotatable bonds is 2. The monoisotopic (exact) mass is 137 g/mol. The lowest BCUT2D eigenvalue weighted by Crippen LogP contribution is -2.06. The highest BCUT2D eigenvalue weighted by Gasteiger charge is 2.14. The van der Waals surface area contributed by atoms with Gasteiger partial charge in [0.05, 0.1) is 6.07 Å². The second-order valence-corrected chi connectivity index (χ2v) is 2.03. The minimum atomic E-state index is -0.303. The molecular weight excluding hydrogens is 130 g/mol. The fourth-order valence-corrected chi connectivity index (χ4v) is 0.776. The Bertz CT molecular complexity index is 202. The second kappa shape index (κ2) is 3.02. The lowest BCUT2D eigenvalue weighted by Gasteiger charge is -2.03. The van der Waals surface area contributed by atoms with E-state index in [0.29, 0.717) is 12.8 Å². The van der Waals surface area contributed by atoms with Gasteiger partial charge in [-0.1, -0.05) is 0 Å². The van der Waals surface area contributed by atoms with Crippen molar-refractivity contribution >= 4 is 5.97 Å². The number of carbonyl (C=O) groups excluding carboxylic acids is 1. The molecule has 0 fully saturated rings. The van der Waals surface area contributed by atoms with Gasteiger partial charge in [0.15, 0.2) is 0 Å². The number of nitrogens with zero attached hydrogens (tertiary/aromatic N) is 1. The smallest absolute Gasteiger partial charge is 0.331 e. The highest BCUT2D eigenvalue weighted by molar-refractivity contribution is 5.84. The van der Waals surface area contributed by atoms with Crippen molar-refractivity contribution in [2.75, 3.05) is 0 Å². The molecule has 0 N–H and O–H groups in total. The Kier molecular flexibility index (Phi) is 2.06. The Morgan fingerprint density at radius 1 is 1.80 bits per heavy atom. The van der Waals surface area contributed by atoms with Crippen molar-refractivity contribution in [3.05, 3.63) is 12.2 Å². The number of hydrogen-bond acceptors (Lipinski definition) is 3. The first-order chi connectivity index (χ1) is 4.83. The van der Waals surface area contributed by atoms with E-state index >= 15 is 0 Å². The molecule has 1 aliphatic rings. The molecule has 1 atom stereocenters. The summed E-state index contributed by atoms with van der Waals surface area (Å²) in [6.45, 7) is 0. The summed E-state index contributed by atoms with van der Waals surface area (Å²) in [5, 5.41) is 8.18. The van der Waals surface area contributed by atoms with Crippen LogP contribution in [0.4, 0.5) is 0 Å². The quantitative estimate of drug-likeness (QED) is 0.528. The van der Waals surface area contributed by atoms with Crippen LogP contribution < -0.4 is 0 Å². The molecule has 0 radical (unpaired) electrons. The third kappa shape index (κ3) is 1.59. The van der Waals surface area contributed by atoms with Crippen molar-refractivity contribution in [3.8, 4) is 6.07 Å². The van der Waals surface area contributed by atoms with Gasteiger partial charge in [0.25, 0.3) is 0 Å². The highest BCUT2D eigenvalue weighted by atomic mass is 16.5. The van der Waals surface area contributed by atoms with Gasteiger partial charge in [-0.05, 0) is 6.08 Å². The Morgan fingerprint density at radius 3 is 3.10 bits per heavy atom. The van der Waals surface area contributed by atoms with E-state index in [1.54, 1.807) is 6.08 Å². The summed E-state index contributed by atoms with van der Waals surface area (Å²) in [7, 11) is 0. The molecule has 0 saturated carbocycles. The van der Waals surface area contributed by atoms with Crippen LogP contribution in [0.25, 0.3) is 0 Å². The van der Waals surface area contributed by atoms with Crippen molar-refractivity contribution in [3.63, 3.8) is 0 Å². The summed E-state index contributed by atoms with van der Waals surface area (Å²) in [5.74, 6) is -0.303. The molecule has 52 valence electrons. The van der Waals surface area contributed by atoms with Crippen LogP contribution in [-0.4, -0.2) is 12.1 Å². The molecule has 1 rings (SSSR count). The predicted molar refractivity (Wildman–Crippen MR) is 33.9 cm³/mol. The molecule has 0 aromatic rings. The number of hydrogen-bond donors (Lipinski definition) is 0. The Balaban J connectivity index is 2.28. The van der Waals surface area contributed by atoms with Crippen molar-refractivity contribution in [1.29, 1.82) is 5.26 Å². The largest absolute Gasteiger partial charge is 0.455 e. The van der Waals surface area contributed by atoms with Crippen LogP contribution in [0.2, 0.25) is 0 Å². The Labute approximate surface area is 58.9 Å². The standard InChI is InChI=1S/C7H7NO2/c8-5-1-2-6-3-4-7(9)10-6/h3-4,6H,1-2H2/t6-/m1/s1. The first-order valence-corrected chi connectivity index (χ1v) is 3.08. The minimum absolute atomic E-state index is 0.160. The average molecular weight is 137 g/mol. The molecule has 0 bridgehead atoms. The minimum Gasteiger partial charge on any atom is -0.455 e. The van der Waals surface area contributed by atoms with Crippen LogP contribution in [0.1, 0.15) is 12.8 Å². The number of ether oxygens (including phenoxy) is 1. The highest BCUT2D eigenvalue weighted by Crippen LogP contribution is 2.09. The van der Waals surface area contributed by atoms with Crippen LogP contribution in [0.5, 0.6) is 0 Å². The molecule has 0 aliphatic carbocycles. The van der Waals surface area contributed by atoms with Crippen LogP contribution >= 0.6 is 0 Å². The van der Waals surface area contributed by atoms with E-state index < -0.39 is 0 Å². The third-order valence-electron chi connectivity index (χ3n) is 1.26. The summed E-state index contributed by atoms with van der Waals surface area (Å²) < 4.78 is 4.76. The van der Waals surface area contributed by atoms with Gasteiger partial charge in [-0.2, -0.15) is 5.26 Å². The second-order valence-electron chi connectivity index (χ2n) is 2.03. The molecule has 10 heavy (non-hydrogen) atoms. The predicted octanol–water partition coefficient (Wildman–Crippen LogP) is 0.772. The van der Waals surface area contributed by atoms with E-state index in [1.165, 1.54) is 6.08 Å². The first-order valence-electron chi connectivity index (χ1n) is 3.08. The first kappa shape index (κ1) is 6.81. The van der Waals surface area contributed by atoms with Gasteiger partial charge < -0.3 is 4.74 Å². The van der Waals surface area contributed by atoms with Crippen molar-refractivity contribution in [2.24, 2.45) is 0 Å². The van der Waals surface area contributed by atoms with Gasteiger partial charge in [0, 0.05) is 18.9 Å². The van der Waals surface area contributed by atoms with Crippen molar-refractivity contribution in [2.45, 2.75) is 18.9 Å². The van der Waals surface area contributed by atoms with Gasteiger partial charge in [0.1, 0.15) is 6.10 Å². The molecule has 3 heteroatoms. The summed E-state index contributed by atoms with van der Waals surface area (Å²) in [6.07, 6.45) is 3.95. The molecule has 0 aromatic carbocycles. The fraction of sp³-hybridized carbons (Fsp3) is 0.429. The van der Waals surface area contributed by atoms with Gasteiger partial charge >= 0.3 is 5.97 Å². The van der Waals surface area contributed by atoms with Crippen molar-refractivity contribution in [1.82, 2.24) is 0 Å². The van der Waals surface area contributed by atoms with Crippen LogP contribution in [0.15, 0.2) is 12.2 Å². The molecule has 0 unspecified atom stereocenters. The van der Waals surface area contributed by atoms with Gasteiger partial charge in [-0.3, -0.25) is 0 Å². The zero-order chi connectivity index (χ0) is 7.40. The molecule has 1 aliphatic heterocycles. The lowest BCUT2D eigenvalue weighted by molar-refractivity contribution is -0.138. The molecule has 0 spiro atoms.